The molecule has 27 heavy (non-hydrogen) atoms. The third-order valence-electron chi connectivity index (χ3n) is 5.38. The molecule has 0 aromatic heterocycles. The van der Waals surface area contributed by atoms with Crippen molar-refractivity contribution >= 4 is 23.2 Å². The first kappa shape index (κ1) is 17.5. The maximum atomic E-state index is 13.1. The fourth-order valence-electron chi connectivity index (χ4n) is 4.02. The van der Waals surface area contributed by atoms with Crippen LogP contribution in [0.1, 0.15) is 12.5 Å². The summed E-state index contributed by atoms with van der Waals surface area (Å²) in [4.78, 5) is 30.9. The number of fused-ring (bicyclic) bond motifs is 1. The predicted molar refractivity (Wildman–Crippen MR) is 102 cm³/mol. The number of hydrogen-bond donors (Lipinski definition) is 0. The molecule has 2 aromatic carbocycles. The van der Waals surface area contributed by atoms with E-state index in [9.17, 15) is 14.0 Å². The summed E-state index contributed by atoms with van der Waals surface area (Å²) in [6.07, 6.45) is 0.562. The largest absolute Gasteiger partial charge is 0.368 e. The van der Waals surface area contributed by atoms with Gasteiger partial charge in [0.15, 0.2) is 0 Å². The highest BCUT2D eigenvalue weighted by Crippen LogP contribution is 2.33. The number of carbonyl (C=O) groups excluding carboxylic acids is 2. The van der Waals surface area contributed by atoms with Gasteiger partial charge in [-0.25, -0.2) is 4.39 Å². The van der Waals surface area contributed by atoms with Gasteiger partial charge in [-0.1, -0.05) is 18.2 Å². The van der Waals surface area contributed by atoms with Crippen molar-refractivity contribution in [2.45, 2.75) is 19.4 Å². The summed E-state index contributed by atoms with van der Waals surface area (Å²) >= 11 is 0. The fraction of sp³-hybridized carbons (Fsp3) is 0.333. The van der Waals surface area contributed by atoms with Gasteiger partial charge in [-0.2, -0.15) is 0 Å². The molecule has 0 N–H and O–H groups in total. The van der Waals surface area contributed by atoms with Crippen molar-refractivity contribution in [1.82, 2.24) is 4.90 Å². The zero-order chi connectivity index (χ0) is 19.0. The average Bonchev–Trinajstić information content (AvgIpc) is 3.08. The van der Waals surface area contributed by atoms with E-state index in [-0.39, 0.29) is 17.6 Å². The summed E-state index contributed by atoms with van der Waals surface area (Å²) in [6.45, 7) is 4.08. The second kappa shape index (κ2) is 7.02. The number of amides is 2. The fourth-order valence-corrected chi connectivity index (χ4v) is 4.02. The number of hydrogen-bond acceptors (Lipinski definition) is 3. The summed E-state index contributed by atoms with van der Waals surface area (Å²) in [6, 6.07) is 13.7. The zero-order valence-corrected chi connectivity index (χ0v) is 15.3. The lowest BCUT2D eigenvalue weighted by Crippen LogP contribution is -2.55. The second-order valence-corrected chi connectivity index (χ2v) is 7.03. The molecule has 1 fully saturated rings. The standard InChI is InChI=1S/C21H22FN3O2/c1-15(26)25-19-5-3-2-4-16(19)14-20(25)21(27)24-12-10-23(11-13-24)18-8-6-17(22)7-9-18/h2-9,20H,10-14H2,1H3/t20-/m0/s1. The third-order valence-corrected chi connectivity index (χ3v) is 5.38. The molecular weight excluding hydrogens is 345 g/mol. The van der Waals surface area contributed by atoms with E-state index in [1.807, 2.05) is 29.2 Å². The van der Waals surface area contributed by atoms with Gasteiger partial charge in [0.1, 0.15) is 11.9 Å². The van der Waals surface area contributed by atoms with Crippen molar-refractivity contribution in [2.75, 3.05) is 36.0 Å². The van der Waals surface area contributed by atoms with Crippen molar-refractivity contribution < 1.29 is 14.0 Å². The highest BCUT2D eigenvalue weighted by Gasteiger charge is 2.39. The molecule has 0 aliphatic carbocycles. The Labute approximate surface area is 158 Å². The van der Waals surface area contributed by atoms with Crippen LogP contribution in [0.2, 0.25) is 0 Å². The molecule has 0 unspecified atom stereocenters. The third kappa shape index (κ3) is 3.27. The predicted octanol–water partition coefficient (Wildman–Crippen LogP) is 2.45. The summed E-state index contributed by atoms with van der Waals surface area (Å²) in [5.41, 5.74) is 2.84. The summed E-state index contributed by atoms with van der Waals surface area (Å²) in [7, 11) is 0. The molecule has 1 saturated heterocycles. The van der Waals surface area contributed by atoms with Crippen LogP contribution in [0.5, 0.6) is 0 Å². The van der Waals surface area contributed by atoms with E-state index in [0.29, 0.717) is 32.6 Å². The van der Waals surface area contributed by atoms with Crippen LogP contribution in [0, 0.1) is 5.82 Å². The lowest BCUT2D eigenvalue weighted by Gasteiger charge is -2.38. The lowest BCUT2D eigenvalue weighted by atomic mass is 10.1. The normalized spacial score (nSPS) is 19.2. The molecule has 4 rings (SSSR count). The first-order valence-electron chi connectivity index (χ1n) is 9.21. The van der Waals surface area contributed by atoms with Crippen molar-refractivity contribution in [1.29, 1.82) is 0 Å². The first-order valence-corrected chi connectivity index (χ1v) is 9.21. The molecule has 6 heteroatoms. The van der Waals surface area contributed by atoms with Crippen LogP contribution in [-0.4, -0.2) is 48.9 Å². The van der Waals surface area contributed by atoms with Gasteiger partial charge >= 0.3 is 0 Å². The molecule has 0 spiro atoms. The second-order valence-electron chi connectivity index (χ2n) is 7.03. The Morgan fingerprint density at radius 2 is 1.63 bits per heavy atom. The van der Waals surface area contributed by atoms with Gasteiger partial charge in [0.05, 0.1) is 0 Å². The number of carbonyl (C=O) groups is 2. The van der Waals surface area contributed by atoms with Gasteiger partial charge in [-0.15, -0.1) is 0 Å². The van der Waals surface area contributed by atoms with Crippen LogP contribution in [0.3, 0.4) is 0 Å². The van der Waals surface area contributed by atoms with Crippen molar-refractivity contribution in [3.8, 4) is 0 Å². The molecule has 2 aliphatic heterocycles. The molecule has 1 atom stereocenters. The average molecular weight is 367 g/mol. The SMILES string of the molecule is CC(=O)N1c2ccccc2C[C@H]1C(=O)N1CCN(c2ccc(F)cc2)CC1. The van der Waals surface area contributed by atoms with Crippen LogP contribution >= 0.6 is 0 Å². The molecule has 2 aromatic rings. The molecule has 2 amide bonds. The summed E-state index contributed by atoms with van der Waals surface area (Å²) in [5.74, 6) is -0.360. The topological polar surface area (TPSA) is 43.9 Å². The van der Waals surface area contributed by atoms with E-state index < -0.39 is 6.04 Å². The van der Waals surface area contributed by atoms with Crippen molar-refractivity contribution in [3.63, 3.8) is 0 Å². The molecule has 0 radical (unpaired) electrons. The van der Waals surface area contributed by atoms with E-state index in [1.54, 1.807) is 17.0 Å². The van der Waals surface area contributed by atoms with Crippen LogP contribution in [-0.2, 0) is 16.0 Å². The highest BCUT2D eigenvalue weighted by molar-refractivity contribution is 6.02. The highest BCUT2D eigenvalue weighted by atomic mass is 19.1. The minimum atomic E-state index is -0.461. The van der Waals surface area contributed by atoms with E-state index in [2.05, 4.69) is 4.90 Å². The van der Waals surface area contributed by atoms with E-state index >= 15 is 0 Å². The Kier molecular flexibility index (Phi) is 4.56. The number of nitrogens with zero attached hydrogens (tertiary/aromatic N) is 3. The van der Waals surface area contributed by atoms with Gasteiger partial charge < -0.3 is 9.80 Å². The Bertz CT molecular complexity index is 860. The summed E-state index contributed by atoms with van der Waals surface area (Å²) in [5, 5.41) is 0. The Morgan fingerprint density at radius 1 is 0.963 bits per heavy atom. The minimum Gasteiger partial charge on any atom is -0.368 e. The van der Waals surface area contributed by atoms with Crippen molar-refractivity contribution in [3.05, 3.63) is 59.9 Å². The maximum Gasteiger partial charge on any atom is 0.246 e. The summed E-state index contributed by atoms with van der Waals surface area (Å²) < 4.78 is 13.1. The van der Waals surface area contributed by atoms with Crippen molar-refractivity contribution in [2.24, 2.45) is 0 Å². The van der Waals surface area contributed by atoms with E-state index in [1.165, 1.54) is 19.1 Å². The van der Waals surface area contributed by atoms with Gasteiger partial charge in [0.25, 0.3) is 0 Å². The van der Waals surface area contributed by atoms with Gasteiger partial charge in [0, 0.05) is 50.9 Å². The number of benzene rings is 2. The number of piperazine rings is 1. The minimum absolute atomic E-state index is 0.000145. The molecule has 0 saturated carbocycles. The Balaban J connectivity index is 1.45. The smallest absolute Gasteiger partial charge is 0.246 e. The van der Waals surface area contributed by atoms with E-state index in [0.717, 1.165) is 16.9 Å². The number of halogens is 1. The maximum absolute atomic E-state index is 13.1. The quantitative estimate of drug-likeness (QED) is 0.819. The molecule has 140 valence electrons. The molecule has 5 nitrogen and oxygen atoms in total. The zero-order valence-electron chi connectivity index (χ0n) is 15.3. The van der Waals surface area contributed by atoms with E-state index in [4.69, 9.17) is 0 Å². The molecular formula is C21H22FN3O2. The Morgan fingerprint density at radius 3 is 2.30 bits per heavy atom. The molecule has 2 aliphatic rings. The monoisotopic (exact) mass is 367 g/mol. The molecule has 0 bridgehead atoms. The van der Waals surface area contributed by atoms with Gasteiger partial charge in [-0.05, 0) is 35.9 Å². The van der Waals surface area contributed by atoms with Gasteiger partial charge in [-0.3, -0.25) is 14.5 Å². The lowest BCUT2D eigenvalue weighted by molar-refractivity contribution is -0.134. The number of anilines is 2. The van der Waals surface area contributed by atoms with Crippen LogP contribution in [0.15, 0.2) is 48.5 Å². The first-order chi connectivity index (χ1) is 13.0. The number of para-hydroxylation sites is 1. The van der Waals surface area contributed by atoms with Crippen LogP contribution in [0.25, 0.3) is 0 Å². The van der Waals surface area contributed by atoms with Crippen LogP contribution < -0.4 is 9.80 Å². The molecule has 2 heterocycles. The Hall–Kier alpha value is -2.89. The number of rotatable bonds is 2. The van der Waals surface area contributed by atoms with Crippen LogP contribution in [0.4, 0.5) is 15.8 Å². The van der Waals surface area contributed by atoms with Gasteiger partial charge in [0.2, 0.25) is 11.8 Å².